The Balaban J connectivity index is 2.02. The average Bonchev–Trinajstić information content (AvgIpc) is 2.86. The van der Waals surface area contributed by atoms with Crippen molar-refractivity contribution in [3.8, 4) is 0 Å². The molecular weight excluding hydrogens is 212 g/mol. The van der Waals surface area contributed by atoms with Gasteiger partial charge in [-0.2, -0.15) is 0 Å². The number of aromatic nitrogens is 1. The average molecular weight is 226 g/mol. The minimum atomic E-state index is 0.844. The molecule has 0 amide bonds. The Kier molecular flexibility index (Phi) is 2.40. The van der Waals surface area contributed by atoms with E-state index in [1.807, 2.05) is 24.4 Å². The van der Waals surface area contributed by atoms with Crippen LogP contribution in [-0.4, -0.2) is 24.0 Å². The van der Waals surface area contributed by atoms with Crippen LogP contribution in [0.1, 0.15) is 5.56 Å². The van der Waals surface area contributed by atoms with Gasteiger partial charge in [0.05, 0.1) is 12.1 Å². The second-order valence-electron chi connectivity index (χ2n) is 4.09. The molecule has 0 saturated carbocycles. The maximum atomic E-state index is 4.34. The van der Waals surface area contributed by atoms with Crippen LogP contribution in [0.2, 0.25) is 0 Å². The van der Waals surface area contributed by atoms with Gasteiger partial charge in [0, 0.05) is 23.8 Å². The van der Waals surface area contributed by atoms with Gasteiger partial charge in [0.15, 0.2) is 5.96 Å². The van der Waals surface area contributed by atoms with Crippen LogP contribution in [0.4, 0.5) is 5.69 Å². The smallest absolute Gasteiger partial charge is 0.195 e. The van der Waals surface area contributed by atoms with Gasteiger partial charge in [0.2, 0.25) is 0 Å². The Bertz CT molecular complexity index is 589. The minimum absolute atomic E-state index is 0.844. The summed E-state index contributed by atoms with van der Waals surface area (Å²) in [5, 5.41) is 7.69. The number of guanidine groups is 1. The molecule has 0 bridgehead atoms. The number of nitrogens with zero attached hydrogens (tertiary/aromatic N) is 2. The van der Waals surface area contributed by atoms with Gasteiger partial charge in [-0.1, -0.05) is 6.07 Å². The summed E-state index contributed by atoms with van der Waals surface area (Å²) >= 11 is 0. The molecule has 4 heteroatoms. The standard InChI is InChI=1S/C13H14N4/c1-9-10-3-2-6-14-12(10)5-4-11(9)17-13-15-7-8-16-13/h2-6H,7-8H2,1H3,(H2,15,16,17). The number of aliphatic imine (C=N–C) groups is 1. The van der Waals surface area contributed by atoms with Crippen molar-refractivity contribution >= 4 is 22.5 Å². The van der Waals surface area contributed by atoms with E-state index in [1.54, 1.807) is 0 Å². The Morgan fingerprint density at radius 2 is 2.24 bits per heavy atom. The molecule has 0 atom stereocenters. The minimum Gasteiger partial charge on any atom is -0.354 e. The number of rotatable bonds is 1. The molecule has 0 fully saturated rings. The highest BCUT2D eigenvalue weighted by molar-refractivity contribution is 5.98. The van der Waals surface area contributed by atoms with Crippen molar-refractivity contribution in [1.29, 1.82) is 0 Å². The second-order valence-corrected chi connectivity index (χ2v) is 4.09. The monoisotopic (exact) mass is 226 g/mol. The maximum Gasteiger partial charge on any atom is 0.195 e. The molecule has 1 aromatic heterocycles. The predicted molar refractivity (Wildman–Crippen MR) is 70.4 cm³/mol. The molecule has 86 valence electrons. The molecule has 0 aliphatic carbocycles. The Labute approximate surface area is 99.8 Å². The largest absolute Gasteiger partial charge is 0.354 e. The van der Waals surface area contributed by atoms with E-state index in [2.05, 4.69) is 33.6 Å². The zero-order valence-corrected chi connectivity index (χ0v) is 9.70. The van der Waals surface area contributed by atoms with E-state index >= 15 is 0 Å². The van der Waals surface area contributed by atoms with Crippen LogP contribution in [0.25, 0.3) is 10.9 Å². The molecule has 0 unspecified atom stereocenters. The molecule has 0 saturated heterocycles. The zero-order chi connectivity index (χ0) is 11.7. The molecule has 2 aromatic rings. The van der Waals surface area contributed by atoms with E-state index in [-0.39, 0.29) is 0 Å². The van der Waals surface area contributed by atoms with Crippen molar-refractivity contribution in [1.82, 2.24) is 10.3 Å². The number of hydrogen-bond acceptors (Lipinski definition) is 4. The molecule has 0 radical (unpaired) electrons. The van der Waals surface area contributed by atoms with Crippen LogP contribution in [0.3, 0.4) is 0 Å². The van der Waals surface area contributed by atoms with Crippen LogP contribution >= 0.6 is 0 Å². The van der Waals surface area contributed by atoms with Crippen molar-refractivity contribution in [2.75, 3.05) is 18.4 Å². The third kappa shape index (κ3) is 1.82. The Morgan fingerprint density at radius 3 is 3.06 bits per heavy atom. The zero-order valence-electron chi connectivity index (χ0n) is 9.70. The molecule has 0 spiro atoms. The van der Waals surface area contributed by atoms with Crippen LogP contribution in [0.5, 0.6) is 0 Å². The summed E-state index contributed by atoms with van der Waals surface area (Å²) in [6.07, 6.45) is 1.82. The number of anilines is 1. The molecule has 4 nitrogen and oxygen atoms in total. The molecule has 2 heterocycles. The summed E-state index contributed by atoms with van der Waals surface area (Å²) in [4.78, 5) is 8.67. The molecule has 3 rings (SSSR count). The molecule has 1 aliphatic heterocycles. The number of fused-ring (bicyclic) bond motifs is 1. The number of nitrogens with one attached hydrogen (secondary N) is 2. The summed E-state index contributed by atoms with van der Waals surface area (Å²) in [6.45, 7) is 3.86. The molecule has 2 N–H and O–H groups in total. The first kappa shape index (κ1) is 10.1. The molecular formula is C13H14N4. The van der Waals surface area contributed by atoms with E-state index in [1.165, 1.54) is 10.9 Å². The van der Waals surface area contributed by atoms with E-state index in [0.717, 1.165) is 30.3 Å². The van der Waals surface area contributed by atoms with Crippen LogP contribution < -0.4 is 10.6 Å². The van der Waals surface area contributed by atoms with E-state index < -0.39 is 0 Å². The predicted octanol–water partition coefficient (Wildman–Crippen LogP) is 1.91. The summed E-state index contributed by atoms with van der Waals surface area (Å²) < 4.78 is 0. The normalized spacial score (nSPS) is 14.5. The second kappa shape index (κ2) is 4.05. The van der Waals surface area contributed by atoms with Crippen molar-refractivity contribution in [3.63, 3.8) is 0 Å². The lowest BCUT2D eigenvalue weighted by Crippen LogP contribution is -2.26. The van der Waals surface area contributed by atoms with Crippen molar-refractivity contribution < 1.29 is 0 Å². The number of aryl methyl sites for hydroxylation is 1. The lowest BCUT2D eigenvalue weighted by atomic mass is 10.1. The van der Waals surface area contributed by atoms with E-state index in [4.69, 9.17) is 0 Å². The van der Waals surface area contributed by atoms with Crippen LogP contribution in [-0.2, 0) is 0 Å². The number of benzene rings is 1. The van der Waals surface area contributed by atoms with Gasteiger partial charge < -0.3 is 10.6 Å². The van der Waals surface area contributed by atoms with Crippen molar-refractivity contribution in [2.45, 2.75) is 6.92 Å². The SMILES string of the molecule is Cc1c(NC2=NCCN2)ccc2ncccc12. The van der Waals surface area contributed by atoms with Gasteiger partial charge in [0.25, 0.3) is 0 Å². The summed E-state index contributed by atoms with van der Waals surface area (Å²) in [5.74, 6) is 0.858. The summed E-state index contributed by atoms with van der Waals surface area (Å²) in [5.41, 5.74) is 3.31. The lowest BCUT2D eigenvalue weighted by molar-refractivity contribution is 0.959. The van der Waals surface area contributed by atoms with Gasteiger partial charge in [-0.15, -0.1) is 0 Å². The highest BCUT2D eigenvalue weighted by Gasteiger charge is 2.08. The summed E-state index contributed by atoms with van der Waals surface area (Å²) in [6, 6.07) is 8.13. The van der Waals surface area contributed by atoms with Gasteiger partial charge >= 0.3 is 0 Å². The maximum absolute atomic E-state index is 4.34. The van der Waals surface area contributed by atoms with Crippen LogP contribution in [0.15, 0.2) is 35.5 Å². The van der Waals surface area contributed by atoms with Gasteiger partial charge in [-0.05, 0) is 30.7 Å². The first-order chi connectivity index (χ1) is 8.34. The Morgan fingerprint density at radius 1 is 1.29 bits per heavy atom. The fourth-order valence-electron chi connectivity index (χ4n) is 2.04. The first-order valence-electron chi connectivity index (χ1n) is 5.74. The number of pyridine rings is 1. The quantitative estimate of drug-likeness (QED) is 0.781. The third-order valence-corrected chi connectivity index (χ3v) is 2.98. The molecule has 1 aromatic carbocycles. The molecule has 1 aliphatic rings. The van der Waals surface area contributed by atoms with Crippen LogP contribution in [0, 0.1) is 6.92 Å². The summed E-state index contributed by atoms with van der Waals surface area (Å²) in [7, 11) is 0. The van der Waals surface area contributed by atoms with Gasteiger partial charge in [-0.25, -0.2) is 0 Å². The topological polar surface area (TPSA) is 49.3 Å². The van der Waals surface area contributed by atoms with Gasteiger partial charge in [0.1, 0.15) is 0 Å². The molecule has 17 heavy (non-hydrogen) atoms. The van der Waals surface area contributed by atoms with Crippen molar-refractivity contribution in [2.24, 2.45) is 4.99 Å². The lowest BCUT2D eigenvalue weighted by Gasteiger charge is -2.11. The van der Waals surface area contributed by atoms with E-state index in [0.29, 0.717) is 0 Å². The Hall–Kier alpha value is -2.10. The van der Waals surface area contributed by atoms with Gasteiger partial charge in [-0.3, -0.25) is 9.98 Å². The fourth-order valence-corrected chi connectivity index (χ4v) is 2.04. The highest BCUT2D eigenvalue weighted by atomic mass is 15.2. The van der Waals surface area contributed by atoms with Crippen molar-refractivity contribution in [3.05, 3.63) is 36.0 Å². The van der Waals surface area contributed by atoms with E-state index in [9.17, 15) is 0 Å². The fraction of sp³-hybridized carbons (Fsp3) is 0.231. The third-order valence-electron chi connectivity index (χ3n) is 2.98. The highest BCUT2D eigenvalue weighted by Crippen LogP contribution is 2.23. The number of hydrogen-bond donors (Lipinski definition) is 2. The first-order valence-corrected chi connectivity index (χ1v) is 5.74.